The molecule has 1 heterocycles. The fourth-order valence-electron chi connectivity index (χ4n) is 3.16. The van der Waals surface area contributed by atoms with Gasteiger partial charge in [0.15, 0.2) is 5.90 Å². The van der Waals surface area contributed by atoms with Crippen molar-refractivity contribution in [3.8, 4) is 5.75 Å². The van der Waals surface area contributed by atoms with E-state index in [1.165, 1.54) is 43.1 Å². The number of rotatable bonds is 9. The van der Waals surface area contributed by atoms with Crippen LogP contribution in [0.3, 0.4) is 0 Å². The number of benzene rings is 2. The molecule has 1 aliphatic rings. The van der Waals surface area contributed by atoms with Gasteiger partial charge in [0.25, 0.3) is 5.69 Å². The van der Waals surface area contributed by atoms with Crippen molar-refractivity contribution in [3.05, 3.63) is 54.1 Å². The summed E-state index contributed by atoms with van der Waals surface area (Å²) in [6, 6.07) is 14.9. The molecule has 0 bridgehead atoms. The summed E-state index contributed by atoms with van der Waals surface area (Å²) in [4.78, 5) is 0. The van der Waals surface area contributed by atoms with E-state index in [1.54, 1.807) is 0 Å². The minimum Gasteiger partial charge on any atom is -0.822 e. The zero-order valence-corrected chi connectivity index (χ0v) is 17.6. The fraction of sp³-hybridized carbons (Fsp3) is 0.364. The maximum absolute atomic E-state index is 12.9. The first kappa shape index (κ1) is 22.5. The van der Waals surface area contributed by atoms with E-state index in [2.05, 4.69) is 12.2 Å². The Hall–Kier alpha value is -1.80. The Kier molecular flexibility index (Phi) is 9.04. The number of nitrogens with zero attached hydrogens (tertiary/aromatic N) is 1. The summed E-state index contributed by atoms with van der Waals surface area (Å²) in [5.74, 6) is 0.445. The van der Waals surface area contributed by atoms with Crippen LogP contribution in [-0.4, -0.2) is 22.2 Å². The Balaban J connectivity index is 0.00000280. The second-order valence-electron chi connectivity index (χ2n) is 6.75. The zero-order valence-electron chi connectivity index (χ0n) is 16.7. The fourth-order valence-corrected chi connectivity index (χ4v) is 3.43. The Morgan fingerprint density at radius 2 is 1.68 bits per heavy atom. The van der Waals surface area contributed by atoms with Crippen LogP contribution in [0.1, 0.15) is 51.0 Å². The normalized spacial score (nSPS) is 14.1. The maximum Gasteiger partial charge on any atom is 1.00 e. The number of anilines is 1. The van der Waals surface area contributed by atoms with Gasteiger partial charge in [0.05, 0.1) is 0 Å². The van der Waals surface area contributed by atoms with Crippen LogP contribution in [-0.2, 0) is 0 Å². The summed E-state index contributed by atoms with van der Waals surface area (Å²) < 4.78 is 6.96. The smallest absolute Gasteiger partial charge is 0.822 e. The quantitative estimate of drug-likeness (QED) is 0.233. The second-order valence-corrected chi connectivity index (χ2v) is 7.10. The number of hydrogen-bond donors (Lipinski definition) is 1. The van der Waals surface area contributed by atoms with Gasteiger partial charge in [-0.2, -0.15) is 0 Å². The molecule has 0 radical (unpaired) electrons. The first-order valence-electron chi connectivity index (χ1n) is 9.70. The summed E-state index contributed by atoms with van der Waals surface area (Å²) in [6.45, 7) is 3.19. The summed E-state index contributed by atoms with van der Waals surface area (Å²) in [6.07, 6.45) is 7.68. The molecule has 0 saturated heterocycles. The van der Waals surface area contributed by atoms with Gasteiger partial charge in [-0.25, -0.2) is 0 Å². The molecule has 2 aromatic rings. The van der Waals surface area contributed by atoms with Crippen LogP contribution in [0.5, 0.6) is 5.75 Å². The van der Waals surface area contributed by atoms with Crippen molar-refractivity contribution >= 4 is 34.7 Å². The van der Waals surface area contributed by atoms with Crippen molar-refractivity contribution in [1.82, 2.24) is 0 Å². The molecule has 0 saturated carbocycles. The van der Waals surface area contributed by atoms with Crippen LogP contribution in [0.4, 0.5) is 11.4 Å². The van der Waals surface area contributed by atoms with Gasteiger partial charge in [-0.15, -0.1) is 4.58 Å². The molecule has 2 aromatic carbocycles. The topological polar surface area (TPSA) is 47.3 Å². The molecule has 0 atom stereocenters. The molecule has 142 valence electrons. The third kappa shape index (κ3) is 5.61. The summed E-state index contributed by atoms with van der Waals surface area (Å²) >= 11 is 5.23. The SMILES string of the molecule is CCCCCCCCNc1ccc(C([O-])=[N+]2C(=S)Oc3ccccc32)cc1.[Li+]. The molecule has 0 amide bonds. The minimum absolute atomic E-state index is 0. The number of hydrogen-bond acceptors (Lipinski definition) is 4. The number of nitrogens with one attached hydrogen (secondary N) is 1. The van der Waals surface area contributed by atoms with Crippen LogP contribution >= 0.6 is 12.2 Å². The molecule has 0 aromatic heterocycles. The van der Waals surface area contributed by atoms with E-state index in [-0.39, 0.29) is 29.9 Å². The first-order valence-corrected chi connectivity index (χ1v) is 10.1. The third-order valence-electron chi connectivity index (χ3n) is 4.68. The molecule has 1 N–H and O–H groups in total. The molecule has 4 nitrogen and oxygen atoms in total. The van der Waals surface area contributed by atoms with Gasteiger partial charge in [-0.05, 0) is 36.8 Å². The predicted molar refractivity (Wildman–Crippen MR) is 112 cm³/mol. The molecule has 1 aliphatic heterocycles. The van der Waals surface area contributed by atoms with Crippen molar-refractivity contribution < 1.29 is 33.3 Å². The van der Waals surface area contributed by atoms with Gasteiger partial charge in [0.2, 0.25) is 5.75 Å². The average molecular weight is 389 g/mol. The Morgan fingerprint density at radius 3 is 2.43 bits per heavy atom. The van der Waals surface area contributed by atoms with Gasteiger partial charge in [-0.1, -0.05) is 51.2 Å². The summed E-state index contributed by atoms with van der Waals surface area (Å²) in [5, 5.41) is 16.4. The zero-order chi connectivity index (χ0) is 19.1. The molecule has 6 heteroatoms. The van der Waals surface area contributed by atoms with E-state index >= 15 is 0 Å². The van der Waals surface area contributed by atoms with E-state index in [9.17, 15) is 5.11 Å². The Bertz CT molecular complexity index is 822. The molecule has 0 fully saturated rings. The van der Waals surface area contributed by atoms with E-state index in [4.69, 9.17) is 17.0 Å². The van der Waals surface area contributed by atoms with E-state index in [0.29, 0.717) is 17.0 Å². The summed E-state index contributed by atoms with van der Waals surface area (Å²) in [5.41, 5.74) is 2.31. The van der Waals surface area contributed by atoms with E-state index < -0.39 is 0 Å². The van der Waals surface area contributed by atoms with E-state index in [1.807, 2.05) is 48.5 Å². The maximum atomic E-state index is 12.9. The van der Waals surface area contributed by atoms with Crippen LogP contribution in [0.2, 0.25) is 0 Å². The largest absolute Gasteiger partial charge is 1.00 e. The van der Waals surface area contributed by atoms with Crippen molar-refractivity contribution in [2.24, 2.45) is 0 Å². The van der Waals surface area contributed by atoms with Crippen molar-refractivity contribution in [2.45, 2.75) is 45.4 Å². The van der Waals surface area contributed by atoms with Crippen LogP contribution < -0.4 is 34.0 Å². The predicted octanol–water partition coefficient (Wildman–Crippen LogP) is 1.59. The number of para-hydroxylation sites is 2. The van der Waals surface area contributed by atoms with Crippen LogP contribution in [0, 0.1) is 0 Å². The van der Waals surface area contributed by atoms with Gasteiger partial charge >= 0.3 is 24.0 Å². The van der Waals surface area contributed by atoms with Crippen molar-refractivity contribution in [3.63, 3.8) is 0 Å². The Labute approximate surface area is 184 Å². The number of thiocarbonyl (C=S) groups is 1. The van der Waals surface area contributed by atoms with Crippen molar-refractivity contribution in [1.29, 1.82) is 0 Å². The molecule has 0 unspecified atom stereocenters. The van der Waals surface area contributed by atoms with Crippen LogP contribution in [0.15, 0.2) is 48.5 Å². The number of unbranched alkanes of at least 4 members (excludes halogenated alkanes) is 5. The van der Waals surface area contributed by atoms with Gasteiger partial charge in [-0.3, -0.25) is 0 Å². The molecular formula is C22H26LiN2O2S+. The second kappa shape index (κ2) is 11.3. The minimum atomic E-state index is -0.174. The van der Waals surface area contributed by atoms with Gasteiger partial charge in [0.1, 0.15) is 0 Å². The van der Waals surface area contributed by atoms with Crippen LogP contribution in [0.25, 0.3) is 0 Å². The Morgan fingerprint density at radius 1 is 1.00 bits per heavy atom. The standard InChI is InChI=1S/C22H26N2O2S.Li/c1-2-3-4-5-6-9-16-23-18-14-12-17(13-15-18)21(25)24-19-10-7-8-11-20(19)26-22(24)27;/h7-8,10-15H,2-6,9,16H2,1H3,(H,23,25);/q;+1. The molecular weight excluding hydrogens is 363 g/mol. The van der Waals surface area contributed by atoms with E-state index in [0.717, 1.165) is 12.2 Å². The summed E-state index contributed by atoms with van der Waals surface area (Å²) in [7, 11) is 0. The molecule has 0 aliphatic carbocycles. The molecule has 0 spiro atoms. The van der Waals surface area contributed by atoms with Gasteiger partial charge < -0.3 is 15.2 Å². The molecule has 3 rings (SSSR count). The van der Waals surface area contributed by atoms with Crippen molar-refractivity contribution in [2.75, 3.05) is 11.9 Å². The van der Waals surface area contributed by atoms with Gasteiger partial charge in [0, 0.05) is 36.1 Å². The number of fused-ring (bicyclic) bond motifs is 1. The number of ether oxygens (including phenoxy) is 1. The third-order valence-corrected chi connectivity index (χ3v) is 4.95. The monoisotopic (exact) mass is 389 g/mol. The average Bonchev–Trinajstić information content (AvgIpc) is 3.03. The first-order chi connectivity index (χ1) is 13.2. The molecule has 28 heavy (non-hydrogen) atoms.